The molecule has 1 atom stereocenters. The molecule has 0 spiro atoms. The van der Waals surface area contributed by atoms with Crippen molar-refractivity contribution in [2.45, 2.75) is 9.96 Å². The smallest absolute Gasteiger partial charge is 0.253 e. The molecule has 0 saturated heterocycles. The molecule has 2 rings (SSSR count). The lowest BCUT2D eigenvalue weighted by molar-refractivity contribution is 0.0934. The maximum Gasteiger partial charge on any atom is 0.253 e. The Morgan fingerprint density at radius 2 is 1.58 bits per heavy atom. The quantitative estimate of drug-likeness (QED) is 0.317. The summed E-state index contributed by atoms with van der Waals surface area (Å²) in [6, 6.07) is 13.3. The number of thiocarbonyl (C=S) groups is 1. The van der Waals surface area contributed by atoms with Crippen molar-refractivity contribution in [3.63, 3.8) is 0 Å². The van der Waals surface area contributed by atoms with Gasteiger partial charge < -0.3 is 16.0 Å². The number of hydrogen-bond acceptors (Lipinski definition) is 2. The Balaban J connectivity index is 2.07. The average molecular weight is 472 g/mol. The van der Waals surface area contributed by atoms with Crippen LogP contribution in [0.3, 0.4) is 0 Å². The highest BCUT2D eigenvalue weighted by Gasteiger charge is 2.34. The van der Waals surface area contributed by atoms with Crippen LogP contribution < -0.4 is 16.0 Å². The Labute approximate surface area is 181 Å². The third-order valence-corrected chi connectivity index (χ3v) is 4.39. The van der Waals surface area contributed by atoms with E-state index in [2.05, 4.69) is 16.0 Å². The van der Waals surface area contributed by atoms with E-state index in [4.69, 9.17) is 70.2 Å². The van der Waals surface area contributed by atoms with Gasteiger partial charge in [-0.2, -0.15) is 0 Å². The Kier molecular flexibility index (Phi) is 7.64. The average Bonchev–Trinajstić information content (AvgIpc) is 2.53. The molecule has 26 heavy (non-hydrogen) atoms. The van der Waals surface area contributed by atoms with Gasteiger partial charge in [-0.25, -0.2) is 0 Å². The lowest BCUT2D eigenvalue weighted by atomic mass is 10.2. The van der Waals surface area contributed by atoms with E-state index in [0.29, 0.717) is 21.3 Å². The van der Waals surface area contributed by atoms with Gasteiger partial charge in [0.15, 0.2) is 5.11 Å². The Hall–Kier alpha value is -0.950. The molecule has 0 aliphatic carbocycles. The van der Waals surface area contributed by atoms with Crippen LogP contribution in [0.1, 0.15) is 10.4 Å². The van der Waals surface area contributed by atoms with Gasteiger partial charge in [-0.15, -0.1) is 0 Å². The molecule has 0 unspecified atom stereocenters. The van der Waals surface area contributed by atoms with E-state index in [9.17, 15) is 4.79 Å². The first-order chi connectivity index (χ1) is 12.1. The van der Waals surface area contributed by atoms with E-state index in [1.165, 1.54) is 6.07 Å². The van der Waals surface area contributed by atoms with Gasteiger partial charge in [-0.3, -0.25) is 4.79 Å². The van der Waals surface area contributed by atoms with E-state index in [-0.39, 0.29) is 5.11 Å². The van der Waals surface area contributed by atoms with Crippen molar-refractivity contribution in [1.29, 1.82) is 0 Å². The second-order valence-corrected chi connectivity index (χ2v) is 8.72. The minimum atomic E-state index is -1.87. The molecule has 0 heterocycles. The molecule has 0 fully saturated rings. The maximum absolute atomic E-state index is 12.4. The molecule has 0 aromatic heterocycles. The zero-order valence-electron chi connectivity index (χ0n) is 12.9. The van der Waals surface area contributed by atoms with Gasteiger partial charge in [0.1, 0.15) is 6.17 Å². The van der Waals surface area contributed by atoms with E-state index < -0.39 is 15.9 Å². The van der Waals surface area contributed by atoms with Crippen LogP contribution in [0.5, 0.6) is 0 Å². The third-order valence-electron chi connectivity index (χ3n) is 3.05. The Bertz CT molecular complexity index is 812. The van der Waals surface area contributed by atoms with Crippen LogP contribution in [0.25, 0.3) is 0 Å². The molecule has 3 N–H and O–H groups in total. The highest BCUT2D eigenvalue weighted by atomic mass is 35.6. The van der Waals surface area contributed by atoms with E-state index >= 15 is 0 Å². The highest BCUT2D eigenvalue weighted by Crippen LogP contribution is 2.29. The van der Waals surface area contributed by atoms with E-state index in [1.54, 1.807) is 42.5 Å². The van der Waals surface area contributed by atoms with Crippen LogP contribution in [-0.2, 0) is 0 Å². The number of halogens is 5. The van der Waals surface area contributed by atoms with Gasteiger partial charge in [0, 0.05) is 21.3 Å². The predicted molar refractivity (Wildman–Crippen MR) is 114 cm³/mol. The minimum Gasteiger partial charge on any atom is -0.339 e. The fraction of sp³-hybridized carbons (Fsp3) is 0.125. The lowest BCUT2D eigenvalue weighted by Crippen LogP contribution is -2.56. The van der Waals surface area contributed by atoms with Crippen LogP contribution in [-0.4, -0.2) is 21.0 Å². The van der Waals surface area contributed by atoms with Crippen molar-refractivity contribution in [3.8, 4) is 0 Å². The number of carbonyl (C=O) groups is 1. The molecule has 0 saturated carbocycles. The second kappa shape index (κ2) is 9.31. The molecule has 0 radical (unpaired) electrons. The van der Waals surface area contributed by atoms with E-state index in [0.717, 1.165) is 0 Å². The molecule has 2 aromatic carbocycles. The standard InChI is InChI=1S/C16H12Cl5N3OS/c17-10-4-1-3-9(7-10)13(25)23-14(16(19,20)21)24-15(26)22-12-6-2-5-11(18)8-12/h1-8,14H,(H,23,25)(H2,22,24,26)/t14-/m0/s1. The van der Waals surface area contributed by atoms with Crippen LogP contribution in [0.2, 0.25) is 10.0 Å². The van der Waals surface area contributed by atoms with Crippen LogP contribution in [0.15, 0.2) is 48.5 Å². The van der Waals surface area contributed by atoms with Crippen molar-refractivity contribution in [3.05, 3.63) is 64.1 Å². The molecule has 10 heteroatoms. The lowest BCUT2D eigenvalue weighted by Gasteiger charge is -2.27. The number of anilines is 1. The summed E-state index contributed by atoms with van der Waals surface area (Å²) in [5.41, 5.74) is 0.950. The number of carbonyl (C=O) groups excluding carboxylic acids is 1. The van der Waals surface area contributed by atoms with Gasteiger partial charge in [0.25, 0.3) is 5.91 Å². The summed E-state index contributed by atoms with van der Waals surface area (Å²) in [6.07, 6.45) is -1.10. The monoisotopic (exact) mass is 469 g/mol. The predicted octanol–water partition coefficient (Wildman–Crippen LogP) is 5.41. The molecule has 138 valence electrons. The fourth-order valence-corrected chi connectivity index (χ4v) is 2.85. The number of rotatable bonds is 4. The largest absolute Gasteiger partial charge is 0.339 e. The van der Waals surface area contributed by atoms with Crippen LogP contribution in [0, 0.1) is 0 Å². The zero-order valence-corrected chi connectivity index (χ0v) is 17.5. The molecule has 0 aliphatic rings. The number of benzene rings is 2. The summed E-state index contributed by atoms with van der Waals surface area (Å²) in [5.74, 6) is -0.484. The minimum absolute atomic E-state index is 0.134. The number of hydrogen-bond donors (Lipinski definition) is 3. The van der Waals surface area contributed by atoms with Crippen molar-refractivity contribution in [1.82, 2.24) is 10.6 Å². The molecule has 2 aromatic rings. The normalized spacial score (nSPS) is 12.2. The summed E-state index contributed by atoms with van der Waals surface area (Å²) >= 11 is 34.9. The zero-order chi connectivity index (χ0) is 19.3. The van der Waals surface area contributed by atoms with Gasteiger partial charge in [-0.05, 0) is 48.6 Å². The summed E-state index contributed by atoms with van der Waals surface area (Å²) in [5, 5.41) is 9.30. The molecular formula is C16H12Cl5N3OS. The first-order valence-corrected chi connectivity index (χ1v) is 9.41. The first kappa shape index (κ1) is 21.4. The summed E-state index contributed by atoms with van der Waals surface area (Å²) < 4.78 is -1.87. The summed E-state index contributed by atoms with van der Waals surface area (Å²) in [7, 11) is 0. The summed E-state index contributed by atoms with van der Waals surface area (Å²) in [6.45, 7) is 0. The van der Waals surface area contributed by atoms with Crippen molar-refractivity contribution < 1.29 is 4.79 Å². The van der Waals surface area contributed by atoms with Gasteiger partial charge >= 0.3 is 0 Å². The van der Waals surface area contributed by atoms with Crippen LogP contribution >= 0.6 is 70.2 Å². The molecule has 1 amide bonds. The van der Waals surface area contributed by atoms with Crippen molar-refractivity contribution in [2.24, 2.45) is 0 Å². The van der Waals surface area contributed by atoms with Crippen molar-refractivity contribution in [2.75, 3.05) is 5.32 Å². The number of amides is 1. The molecule has 4 nitrogen and oxygen atoms in total. The van der Waals surface area contributed by atoms with E-state index in [1.807, 2.05) is 0 Å². The SMILES string of the molecule is O=C(N[C@@H](NC(=S)Nc1cccc(Cl)c1)C(Cl)(Cl)Cl)c1cccc(Cl)c1. The first-order valence-electron chi connectivity index (χ1n) is 7.11. The fourth-order valence-electron chi connectivity index (χ4n) is 1.91. The van der Waals surface area contributed by atoms with Crippen molar-refractivity contribution >= 4 is 86.9 Å². The second-order valence-electron chi connectivity index (χ2n) is 5.07. The highest BCUT2D eigenvalue weighted by molar-refractivity contribution is 7.80. The Morgan fingerprint density at radius 3 is 2.15 bits per heavy atom. The van der Waals surface area contributed by atoms with Gasteiger partial charge in [0.2, 0.25) is 3.79 Å². The van der Waals surface area contributed by atoms with Gasteiger partial charge in [-0.1, -0.05) is 70.1 Å². The Morgan fingerprint density at radius 1 is 0.962 bits per heavy atom. The topological polar surface area (TPSA) is 53.2 Å². The maximum atomic E-state index is 12.4. The summed E-state index contributed by atoms with van der Waals surface area (Å²) in [4.78, 5) is 12.4. The number of alkyl halides is 3. The number of nitrogens with one attached hydrogen (secondary N) is 3. The molecule has 0 bridgehead atoms. The van der Waals surface area contributed by atoms with Crippen LogP contribution in [0.4, 0.5) is 5.69 Å². The molecule has 0 aliphatic heterocycles. The third kappa shape index (κ3) is 6.65. The van der Waals surface area contributed by atoms with Gasteiger partial charge in [0.05, 0.1) is 0 Å². The molecular weight excluding hydrogens is 460 g/mol.